The van der Waals surface area contributed by atoms with Crippen LogP contribution in [0.1, 0.15) is 0 Å². The summed E-state index contributed by atoms with van der Waals surface area (Å²) in [5.41, 5.74) is 0. The molecule has 0 aliphatic rings. The van der Waals surface area contributed by atoms with E-state index in [2.05, 4.69) is 4.98 Å². The average Bonchev–Trinajstić information content (AvgIpc) is 2.76. The molecule has 0 spiro atoms. The molecule has 19 heavy (non-hydrogen) atoms. The maximum atomic E-state index is 11.8. The van der Waals surface area contributed by atoms with Crippen molar-refractivity contribution in [3.63, 3.8) is 0 Å². The zero-order valence-electron chi connectivity index (χ0n) is 10.4. The van der Waals surface area contributed by atoms with E-state index in [0.29, 0.717) is 11.5 Å². The number of imidazole rings is 1. The monoisotopic (exact) mass is 298 g/mol. The predicted octanol–water partition coefficient (Wildman–Crippen LogP) is 1.92. The summed E-state index contributed by atoms with van der Waals surface area (Å²) in [5.74, 6) is 0.684. The molecular weight excluding hydrogens is 284 g/mol. The SMILES string of the molecule is Cn1ccnc1SCCS(=O)(=O)Oc1ccccc1. The van der Waals surface area contributed by atoms with E-state index in [4.69, 9.17) is 4.18 Å². The second-order valence-electron chi connectivity index (χ2n) is 3.83. The van der Waals surface area contributed by atoms with Gasteiger partial charge < -0.3 is 8.75 Å². The molecule has 1 aromatic heterocycles. The molecule has 0 aliphatic heterocycles. The number of benzene rings is 1. The minimum Gasteiger partial charge on any atom is -0.382 e. The number of thioether (sulfide) groups is 1. The lowest BCUT2D eigenvalue weighted by Gasteiger charge is -2.06. The van der Waals surface area contributed by atoms with Crippen molar-refractivity contribution in [2.75, 3.05) is 11.5 Å². The van der Waals surface area contributed by atoms with E-state index in [1.165, 1.54) is 11.8 Å². The Labute approximate surface area is 116 Å². The van der Waals surface area contributed by atoms with Crippen LogP contribution in [0.25, 0.3) is 0 Å². The number of nitrogens with zero attached hydrogens (tertiary/aromatic N) is 2. The zero-order valence-corrected chi connectivity index (χ0v) is 12.0. The topological polar surface area (TPSA) is 61.2 Å². The van der Waals surface area contributed by atoms with E-state index in [0.717, 1.165) is 5.16 Å². The van der Waals surface area contributed by atoms with Crippen molar-refractivity contribution in [3.05, 3.63) is 42.7 Å². The van der Waals surface area contributed by atoms with Crippen molar-refractivity contribution in [1.82, 2.24) is 9.55 Å². The largest absolute Gasteiger partial charge is 0.382 e. The third-order valence-electron chi connectivity index (χ3n) is 2.31. The molecule has 1 aromatic carbocycles. The summed E-state index contributed by atoms with van der Waals surface area (Å²) < 4.78 is 30.3. The average molecular weight is 298 g/mol. The number of rotatable bonds is 6. The van der Waals surface area contributed by atoms with Crippen LogP contribution >= 0.6 is 11.8 Å². The van der Waals surface area contributed by atoms with E-state index in [1.54, 1.807) is 36.5 Å². The molecule has 0 unspecified atom stereocenters. The third kappa shape index (κ3) is 4.29. The van der Waals surface area contributed by atoms with Crippen LogP contribution in [0, 0.1) is 0 Å². The van der Waals surface area contributed by atoms with Crippen LogP contribution in [0.4, 0.5) is 0 Å². The summed E-state index contributed by atoms with van der Waals surface area (Å²) in [5, 5.41) is 0.787. The summed E-state index contributed by atoms with van der Waals surface area (Å²) in [4.78, 5) is 4.11. The highest BCUT2D eigenvalue weighted by Gasteiger charge is 2.13. The Hall–Kier alpha value is -1.47. The summed E-state index contributed by atoms with van der Waals surface area (Å²) in [7, 11) is -1.69. The summed E-state index contributed by atoms with van der Waals surface area (Å²) in [6.07, 6.45) is 3.49. The Morgan fingerprint density at radius 3 is 2.68 bits per heavy atom. The van der Waals surface area contributed by atoms with Gasteiger partial charge in [-0.3, -0.25) is 0 Å². The van der Waals surface area contributed by atoms with Crippen molar-refractivity contribution in [2.45, 2.75) is 5.16 Å². The molecular formula is C12H14N2O3S2. The molecule has 0 atom stereocenters. The summed E-state index contributed by atoms with van der Waals surface area (Å²) in [6, 6.07) is 8.49. The maximum absolute atomic E-state index is 11.8. The van der Waals surface area contributed by atoms with Gasteiger partial charge >= 0.3 is 10.1 Å². The Bertz CT molecular complexity index is 623. The zero-order chi connectivity index (χ0) is 13.7. The second-order valence-corrected chi connectivity index (χ2v) is 6.58. The van der Waals surface area contributed by atoms with Crippen LogP contribution in [0.15, 0.2) is 47.9 Å². The van der Waals surface area contributed by atoms with E-state index < -0.39 is 10.1 Å². The quantitative estimate of drug-likeness (QED) is 0.602. The molecule has 0 radical (unpaired) electrons. The van der Waals surface area contributed by atoms with Gasteiger partial charge in [-0.1, -0.05) is 30.0 Å². The molecule has 7 heteroatoms. The highest BCUT2D eigenvalue weighted by molar-refractivity contribution is 8.00. The van der Waals surface area contributed by atoms with E-state index in [9.17, 15) is 8.42 Å². The highest BCUT2D eigenvalue weighted by atomic mass is 32.2. The summed E-state index contributed by atoms with van der Waals surface area (Å²) in [6.45, 7) is 0. The number of hydrogen-bond acceptors (Lipinski definition) is 5. The van der Waals surface area contributed by atoms with Crippen LogP contribution < -0.4 is 4.18 Å². The Kier molecular flexibility index (Phi) is 4.49. The van der Waals surface area contributed by atoms with Gasteiger partial charge in [0.2, 0.25) is 0 Å². The van der Waals surface area contributed by atoms with Crippen LogP contribution in [0.5, 0.6) is 5.75 Å². The minimum atomic E-state index is -3.56. The van der Waals surface area contributed by atoms with Gasteiger partial charge in [0.25, 0.3) is 0 Å². The van der Waals surface area contributed by atoms with E-state index in [-0.39, 0.29) is 5.75 Å². The molecule has 5 nitrogen and oxygen atoms in total. The lowest BCUT2D eigenvalue weighted by molar-refractivity contribution is 0.488. The molecule has 2 aromatic rings. The fourth-order valence-electron chi connectivity index (χ4n) is 1.39. The fraction of sp³-hybridized carbons (Fsp3) is 0.250. The van der Waals surface area contributed by atoms with Crippen LogP contribution in [0.3, 0.4) is 0 Å². The molecule has 0 amide bonds. The first-order valence-electron chi connectivity index (χ1n) is 5.64. The maximum Gasteiger partial charge on any atom is 0.310 e. The minimum absolute atomic E-state index is 0.0561. The normalized spacial score (nSPS) is 11.4. The molecule has 2 rings (SSSR count). The van der Waals surface area contributed by atoms with Gasteiger partial charge in [-0.15, -0.1) is 0 Å². The van der Waals surface area contributed by atoms with Crippen molar-refractivity contribution >= 4 is 21.9 Å². The predicted molar refractivity (Wildman–Crippen MR) is 74.8 cm³/mol. The molecule has 1 heterocycles. The van der Waals surface area contributed by atoms with Crippen molar-refractivity contribution in [3.8, 4) is 5.75 Å². The first-order chi connectivity index (χ1) is 9.07. The van der Waals surface area contributed by atoms with Gasteiger partial charge in [-0.2, -0.15) is 8.42 Å². The molecule has 0 fully saturated rings. The van der Waals surface area contributed by atoms with Crippen molar-refractivity contribution in [1.29, 1.82) is 0 Å². The van der Waals surface area contributed by atoms with Crippen molar-refractivity contribution < 1.29 is 12.6 Å². The van der Waals surface area contributed by atoms with Gasteiger partial charge in [-0.25, -0.2) is 4.98 Å². The van der Waals surface area contributed by atoms with Gasteiger partial charge in [0.1, 0.15) is 5.75 Å². The van der Waals surface area contributed by atoms with Crippen LogP contribution in [-0.2, 0) is 17.2 Å². The van der Waals surface area contributed by atoms with Crippen molar-refractivity contribution in [2.24, 2.45) is 7.05 Å². The smallest absolute Gasteiger partial charge is 0.310 e. The third-order valence-corrected chi connectivity index (χ3v) is 4.78. The molecule has 0 aliphatic carbocycles. The lowest BCUT2D eigenvalue weighted by atomic mass is 10.3. The Balaban J connectivity index is 1.86. The van der Waals surface area contributed by atoms with Gasteiger partial charge in [-0.05, 0) is 12.1 Å². The molecule has 102 valence electrons. The molecule has 0 saturated carbocycles. The highest BCUT2D eigenvalue weighted by Crippen LogP contribution is 2.16. The number of aromatic nitrogens is 2. The van der Waals surface area contributed by atoms with E-state index >= 15 is 0 Å². The molecule has 0 bridgehead atoms. The van der Waals surface area contributed by atoms with E-state index in [1.807, 2.05) is 17.8 Å². The Morgan fingerprint density at radius 1 is 1.32 bits per heavy atom. The first kappa shape index (κ1) is 14.0. The molecule has 0 N–H and O–H groups in total. The second kappa shape index (κ2) is 6.12. The van der Waals surface area contributed by atoms with Crippen LogP contribution in [0.2, 0.25) is 0 Å². The van der Waals surface area contributed by atoms with Crippen LogP contribution in [-0.4, -0.2) is 29.5 Å². The Morgan fingerprint density at radius 2 is 2.05 bits per heavy atom. The first-order valence-corrected chi connectivity index (χ1v) is 8.20. The van der Waals surface area contributed by atoms with Gasteiger partial charge in [0.05, 0.1) is 5.75 Å². The standard InChI is InChI=1S/C12H14N2O3S2/c1-14-8-7-13-12(14)18-9-10-19(15,16)17-11-5-3-2-4-6-11/h2-8H,9-10H2,1H3. The number of aryl methyl sites for hydroxylation is 1. The number of hydrogen-bond donors (Lipinski definition) is 0. The van der Waals surface area contributed by atoms with Gasteiger partial charge in [0.15, 0.2) is 5.16 Å². The fourth-order valence-corrected chi connectivity index (χ4v) is 3.61. The van der Waals surface area contributed by atoms with Gasteiger partial charge in [0, 0.05) is 25.2 Å². The molecule has 0 saturated heterocycles. The number of para-hydroxylation sites is 1. The summed E-state index contributed by atoms with van der Waals surface area (Å²) >= 11 is 1.38. The lowest BCUT2D eigenvalue weighted by Crippen LogP contribution is -2.15.